The first kappa shape index (κ1) is 14.0. The van der Waals surface area contributed by atoms with Crippen LogP contribution in [-0.4, -0.2) is 38.4 Å². The van der Waals surface area contributed by atoms with Crippen LogP contribution in [0.1, 0.15) is 44.2 Å². The molecular formula is C15H25N3O2. The van der Waals surface area contributed by atoms with Crippen molar-refractivity contribution in [3.05, 3.63) is 18.2 Å². The van der Waals surface area contributed by atoms with E-state index in [1.54, 1.807) is 12.5 Å². The van der Waals surface area contributed by atoms with Gasteiger partial charge in [-0.05, 0) is 18.3 Å². The molecule has 112 valence electrons. The third-order valence-electron chi connectivity index (χ3n) is 5.08. The van der Waals surface area contributed by atoms with Crippen LogP contribution in [0.3, 0.4) is 0 Å². The lowest BCUT2D eigenvalue weighted by Crippen LogP contribution is -2.44. The Labute approximate surface area is 119 Å². The van der Waals surface area contributed by atoms with E-state index in [2.05, 4.69) is 15.3 Å². The van der Waals surface area contributed by atoms with Gasteiger partial charge in [0.2, 0.25) is 0 Å². The highest BCUT2D eigenvalue weighted by Gasteiger charge is 2.44. The molecule has 4 N–H and O–H groups in total. The Bertz CT molecular complexity index is 403. The van der Waals surface area contributed by atoms with E-state index in [1.165, 1.54) is 32.1 Å². The second kappa shape index (κ2) is 6.24. The Balaban J connectivity index is 1.64. The number of imidazole rings is 1. The molecule has 2 fully saturated rings. The topological polar surface area (TPSA) is 81.2 Å². The molecule has 0 bridgehead atoms. The lowest BCUT2D eigenvalue weighted by molar-refractivity contribution is 0.0286. The molecule has 0 aliphatic heterocycles. The summed E-state index contributed by atoms with van der Waals surface area (Å²) in [5, 5.41) is 23.7. The minimum Gasteiger partial charge on any atom is -0.390 e. The summed E-state index contributed by atoms with van der Waals surface area (Å²) in [6.07, 6.45) is 9.36. The fourth-order valence-electron chi connectivity index (χ4n) is 3.99. The van der Waals surface area contributed by atoms with E-state index in [9.17, 15) is 10.2 Å². The molecule has 20 heavy (non-hydrogen) atoms. The second-order valence-corrected chi connectivity index (χ2v) is 6.34. The van der Waals surface area contributed by atoms with Gasteiger partial charge in [0.15, 0.2) is 0 Å². The van der Waals surface area contributed by atoms with Gasteiger partial charge in [-0.25, -0.2) is 4.98 Å². The van der Waals surface area contributed by atoms with Gasteiger partial charge in [-0.15, -0.1) is 0 Å². The molecule has 0 unspecified atom stereocenters. The second-order valence-electron chi connectivity index (χ2n) is 6.34. The monoisotopic (exact) mass is 279 g/mol. The average Bonchev–Trinajstić information content (AvgIpc) is 3.08. The van der Waals surface area contributed by atoms with Crippen LogP contribution in [0.4, 0.5) is 0 Å². The van der Waals surface area contributed by atoms with E-state index in [1.807, 2.05) is 0 Å². The summed E-state index contributed by atoms with van der Waals surface area (Å²) in [5.41, 5.74) is 1.01. The number of aromatic amines is 1. The molecule has 5 heteroatoms. The van der Waals surface area contributed by atoms with E-state index in [0.29, 0.717) is 18.4 Å². The van der Waals surface area contributed by atoms with E-state index >= 15 is 0 Å². The summed E-state index contributed by atoms with van der Waals surface area (Å²) >= 11 is 0. The van der Waals surface area contributed by atoms with Crippen molar-refractivity contribution in [3.63, 3.8) is 0 Å². The highest BCUT2D eigenvalue weighted by Crippen LogP contribution is 2.39. The van der Waals surface area contributed by atoms with Crippen LogP contribution in [0.15, 0.2) is 12.5 Å². The number of aromatic nitrogens is 2. The van der Waals surface area contributed by atoms with Gasteiger partial charge in [0.1, 0.15) is 0 Å². The number of rotatable bonds is 4. The Morgan fingerprint density at radius 1 is 1.25 bits per heavy atom. The Hall–Kier alpha value is -0.910. The van der Waals surface area contributed by atoms with Crippen LogP contribution in [0.2, 0.25) is 0 Å². The van der Waals surface area contributed by atoms with Crippen LogP contribution in [0.5, 0.6) is 0 Å². The summed E-state index contributed by atoms with van der Waals surface area (Å²) < 4.78 is 0. The highest BCUT2D eigenvalue weighted by atomic mass is 16.3. The minimum atomic E-state index is -0.648. The zero-order valence-electron chi connectivity index (χ0n) is 11.8. The molecule has 0 spiro atoms. The predicted molar refractivity (Wildman–Crippen MR) is 75.9 cm³/mol. The number of hydrogen-bond acceptors (Lipinski definition) is 4. The minimum absolute atomic E-state index is 0.00333. The van der Waals surface area contributed by atoms with Crippen LogP contribution in [0.25, 0.3) is 0 Å². The molecule has 0 saturated heterocycles. The molecule has 0 radical (unpaired) electrons. The highest BCUT2D eigenvalue weighted by molar-refractivity contribution is 5.01. The zero-order chi connectivity index (χ0) is 13.9. The summed E-state index contributed by atoms with van der Waals surface area (Å²) in [5.74, 6) is 1.04. The maximum Gasteiger partial charge on any atom is 0.0954 e. The third kappa shape index (κ3) is 2.90. The van der Waals surface area contributed by atoms with Gasteiger partial charge in [-0.1, -0.05) is 32.1 Å². The van der Waals surface area contributed by atoms with Crippen LogP contribution >= 0.6 is 0 Å². The summed E-state index contributed by atoms with van der Waals surface area (Å²) in [6, 6.07) is -0.00333. The number of aliphatic hydroxyl groups excluding tert-OH is 2. The smallest absolute Gasteiger partial charge is 0.0954 e. The van der Waals surface area contributed by atoms with E-state index in [4.69, 9.17) is 0 Å². The van der Waals surface area contributed by atoms with Crippen molar-refractivity contribution < 1.29 is 10.2 Å². The predicted octanol–water partition coefficient (Wildman–Crippen LogP) is 1.19. The Morgan fingerprint density at radius 2 is 2.05 bits per heavy atom. The first-order chi connectivity index (χ1) is 9.75. The molecule has 2 saturated carbocycles. The molecule has 4 atom stereocenters. The van der Waals surface area contributed by atoms with Crippen LogP contribution in [0, 0.1) is 11.8 Å². The number of hydrogen-bond donors (Lipinski definition) is 4. The Morgan fingerprint density at radius 3 is 2.75 bits per heavy atom. The largest absolute Gasteiger partial charge is 0.390 e. The van der Waals surface area contributed by atoms with Crippen molar-refractivity contribution in [2.45, 2.75) is 63.3 Å². The van der Waals surface area contributed by atoms with Gasteiger partial charge in [0.25, 0.3) is 0 Å². The van der Waals surface area contributed by atoms with Gasteiger partial charge in [0.05, 0.1) is 18.5 Å². The van der Waals surface area contributed by atoms with Gasteiger partial charge < -0.3 is 20.5 Å². The van der Waals surface area contributed by atoms with Gasteiger partial charge >= 0.3 is 0 Å². The normalized spacial score (nSPS) is 35.5. The summed E-state index contributed by atoms with van der Waals surface area (Å²) in [4.78, 5) is 7.07. The molecular weight excluding hydrogens is 254 g/mol. The molecule has 1 aromatic rings. The van der Waals surface area contributed by atoms with Crippen molar-refractivity contribution in [1.29, 1.82) is 0 Å². The fourth-order valence-corrected chi connectivity index (χ4v) is 3.99. The lowest BCUT2D eigenvalue weighted by Gasteiger charge is -2.32. The van der Waals surface area contributed by atoms with Gasteiger partial charge in [-0.2, -0.15) is 0 Å². The molecule has 0 amide bonds. The van der Waals surface area contributed by atoms with Crippen LogP contribution in [-0.2, 0) is 6.54 Å². The van der Waals surface area contributed by atoms with E-state index in [0.717, 1.165) is 12.1 Å². The number of nitrogens with zero attached hydrogens (tertiary/aromatic N) is 1. The quantitative estimate of drug-likeness (QED) is 0.667. The van der Waals surface area contributed by atoms with Crippen molar-refractivity contribution in [3.8, 4) is 0 Å². The lowest BCUT2D eigenvalue weighted by atomic mass is 9.77. The molecule has 2 aliphatic carbocycles. The number of nitrogens with one attached hydrogen (secondary N) is 2. The maximum atomic E-state index is 10.2. The molecule has 2 aliphatic rings. The maximum absolute atomic E-state index is 10.2. The fraction of sp³-hybridized carbons (Fsp3) is 0.800. The molecule has 1 aromatic heterocycles. The van der Waals surface area contributed by atoms with Gasteiger partial charge in [-0.3, -0.25) is 0 Å². The van der Waals surface area contributed by atoms with Crippen molar-refractivity contribution in [2.24, 2.45) is 11.8 Å². The van der Waals surface area contributed by atoms with E-state index in [-0.39, 0.29) is 6.04 Å². The molecule has 1 heterocycles. The first-order valence-electron chi connectivity index (χ1n) is 7.82. The number of H-pyrrole nitrogens is 1. The molecule has 3 rings (SSSR count). The standard InChI is InChI=1S/C15H25N3O2/c19-13-6-12(10-4-2-1-3-5-10)14(15(13)20)17-8-11-7-16-9-18-11/h7,9-10,12-15,17,19-20H,1-6,8H2,(H,16,18)/t12-,13-,14-,15-/m1/s1. The summed E-state index contributed by atoms with van der Waals surface area (Å²) in [6.45, 7) is 0.664. The van der Waals surface area contributed by atoms with Crippen molar-refractivity contribution in [1.82, 2.24) is 15.3 Å². The third-order valence-corrected chi connectivity index (χ3v) is 5.08. The SMILES string of the molecule is O[C@H]1[C@H](NCc2cnc[nH]2)[C@@H](C2CCCCC2)C[C@H]1O. The summed E-state index contributed by atoms with van der Waals surface area (Å²) in [7, 11) is 0. The van der Waals surface area contributed by atoms with Crippen molar-refractivity contribution in [2.75, 3.05) is 0 Å². The van der Waals surface area contributed by atoms with Gasteiger partial charge in [0, 0.05) is 24.5 Å². The van der Waals surface area contributed by atoms with Crippen molar-refractivity contribution >= 4 is 0 Å². The Kier molecular flexibility index (Phi) is 4.38. The molecule has 5 nitrogen and oxygen atoms in total. The zero-order valence-corrected chi connectivity index (χ0v) is 11.8. The first-order valence-corrected chi connectivity index (χ1v) is 7.82. The average molecular weight is 279 g/mol. The number of aliphatic hydroxyl groups is 2. The molecule has 0 aromatic carbocycles. The van der Waals surface area contributed by atoms with Crippen LogP contribution < -0.4 is 5.32 Å². The van der Waals surface area contributed by atoms with E-state index < -0.39 is 12.2 Å².